The van der Waals surface area contributed by atoms with Gasteiger partial charge in [0.15, 0.2) is 0 Å². The van der Waals surface area contributed by atoms with Gasteiger partial charge in [-0.1, -0.05) is 56.2 Å². The van der Waals surface area contributed by atoms with Crippen LogP contribution in [0.25, 0.3) is 0 Å². The summed E-state index contributed by atoms with van der Waals surface area (Å²) in [7, 11) is 0. The lowest BCUT2D eigenvalue weighted by Gasteiger charge is -2.26. The van der Waals surface area contributed by atoms with E-state index in [1.54, 1.807) is 0 Å². The van der Waals surface area contributed by atoms with Crippen LogP contribution in [0.1, 0.15) is 56.6 Å². The first-order chi connectivity index (χ1) is 7.66. The molecule has 16 heavy (non-hydrogen) atoms. The minimum Gasteiger partial charge on any atom is -0.0846 e. The van der Waals surface area contributed by atoms with Crippen molar-refractivity contribution >= 4 is 17.1 Å². The summed E-state index contributed by atoms with van der Waals surface area (Å²) in [5, 5.41) is 0. The SMILES string of the molecule is CC(=S)c1ccc([C@H]2CC[C@@H](C)CC2)cc1. The average molecular weight is 232 g/mol. The van der Waals surface area contributed by atoms with Crippen LogP contribution in [-0.2, 0) is 0 Å². The molecule has 1 aliphatic rings. The molecule has 0 aromatic heterocycles. The second-order valence-corrected chi connectivity index (χ2v) is 5.75. The van der Waals surface area contributed by atoms with Crippen molar-refractivity contribution < 1.29 is 0 Å². The predicted molar refractivity (Wildman–Crippen MR) is 74.2 cm³/mol. The van der Waals surface area contributed by atoms with E-state index >= 15 is 0 Å². The molecule has 0 bridgehead atoms. The zero-order valence-electron chi connectivity index (χ0n) is 10.2. The van der Waals surface area contributed by atoms with Crippen LogP contribution in [0.4, 0.5) is 0 Å². The number of thiocarbonyl (C=S) groups is 1. The fourth-order valence-corrected chi connectivity index (χ4v) is 2.72. The Balaban J connectivity index is 2.07. The first-order valence-electron chi connectivity index (χ1n) is 6.27. The standard InChI is InChI=1S/C15H20S/c1-11-3-5-14(6-4-11)15-9-7-13(8-10-15)12(2)16/h7-11,14H,3-6H2,1-2H3/t11-,14+. The van der Waals surface area contributed by atoms with Crippen LogP contribution in [-0.4, -0.2) is 4.86 Å². The molecule has 1 heteroatoms. The molecule has 0 N–H and O–H groups in total. The molecule has 0 saturated heterocycles. The van der Waals surface area contributed by atoms with Gasteiger partial charge in [0.05, 0.1) is 0 Å². The van der Waals surface area contributed by atoms with Crippen LogP contribution < -0.4 is 0 Å². The second kappa shape index (κ2) is 5.09. The van der Waals surface area contributed by atoms with Crippen LogP contribution in [0, 0.1) is 5.92 Å². The molecule has 1 aromatic carbocycles. The van der Waals surface area contributed by atoms with Crippen molar-refractivity contribution in [2.75, 3.05) is 0 Å². The molecule has 0 radical (unpaired) electrons. The molecule has 0 atom stereocenters. The molecular weight excluding hydrogens is 212 g/mol. The summed E-state index contributed by atoms with van der Waals surface area (Å²) >= 11 is 5.18. The Labute approximate surface area is 104 Å². The van der Waals surface area contributed by atoms with Crippen LogP contribution >= 0.6 is 12.2 Å². The van der Waals surface area contributed by atoms with E-state index in [0.717, 1.165) is 16.7 Å². The molecular formula is C15H20S. The summed E-state index contributed by atoms with van der Waals surface area (Å²) in [4.78, 5) is 0.990. The van der Waals surface area contributed by atoms with Crippen molar-refractivity contribution in [3.05, 3.63) is 35.4 Å². The maximum absolute atomic E-state index is 5.18. The normalized spacial score (nSPS) is 25.4. The molecule has 0 unspecified atom stereocenters. The van der Waals surface area contributed by atoms with Gasteiger partial charge >= 0.3 is 0 Å². The van der Waals surface area contributed by atoms with E-state index in [0.29, 0.717) is 0 Å². The highest BCUT2D eigenvalue weighted by atomic mass is 32.1. The number of hydrogen-bond acceptors (Lipinski definition) is 1. The van der Waals surface area contributed by atoms with Gasteiger partial charge in [-0.3, -0.25) is 0 Å². The Morgan fingerprint density at radius 3 is 2.12 bits per heavy atom. The van der Waals surface area contributed by atoms with Crippen molar-refractivity contribution in [3.8, 4) is 0 Å². The van der Waals surface area contributed by atoms with E-state index in [-0.39, 0.29) is 0 Å². The van der Waals surface area contributed by atoms with Gasteiger partial charge in [0.1, 0.15) is 0 Å². The Morgan fingerprint density at radius 1 is 1.06 bits per heavy atom. The predicted octanol–water partition coefficient (Wildman–Crippen LogP) is 4.72. The van der Waals surface area contributed by atoms with E-state index in [4.69, 9.17) is 12.2 Å². The van der Waals surface area contributed by atoms with Gasteiger partial charge in [-0.2, -0.15) is 0 Å². The third-order valence-electron chi connectivity index (χ3n) is 3.80. The third kappa shape index (κ3) is 2.70. The minimum absolute atomic E-state index is 0.788. The Kier molecular flexibility index (Phi) is 3.75. The zero-order chi connectivity index (χ0) is 11.5. The first-order valence-corrected chi connectivity index (χ1v) is 6.68. The smallest absolute Gasteiger partial charge is 0.0193 e. The van der Waals surface area contributed by atoms with Crippen molar-refractivity contribution in [2.24, 2.45) is 5.92 Å². The molecule has 1 aromatic rings. The minimum atomic E-state index is 0.788. The molecule has 0 spiro atoms. The summed E-state index contributed by atoms with van der Waals surface area (Å²) in [6.07, 6.45) is 5.49. The van der Waals surface area contributed by atoms with Crippen molar-refractivity contribution in [1.29, 1.82) is 0 Å². The molecule has 2 rings (SSSR count). The molecule has 86 valence electrons. The highest BCUT2D eigenvalue weighted by molar-refractivity contribution is 7.80. The van der Waals surface area contributed by atoms with Crippen LogP contribution in [0.5, 0.6) is 0 Å². The summed E-state index contributed by atoms with van der Waals surface area (Å²) in [6.45, 7) is 4.36. The number of hydrogen-bond donors (Lipinski definition) is 0. The van der Waals surface area contributed by atoms with Gasteiger partial charge in [-0.05, 0) is 42.7 Å². The van der Waals surface area contributed by atoms with Crippen molar-refractivity contribution in [2.45, 2.75) is 45.4 Å². The maximum atomic E-state index is 5.18. The Morgan fingerprint density at radius 2 is 1.62 bits per heavy atom. The van der Waals surface area contributed by atoms with Crippen LogP contribution in [0.15, 0.2) is 24.3 Å². The highest BCUT2D eigenvalue weighted by Gasteiger charge is 2.19. The quantitative estimate of drug-likeness (QED) is 0.525. The van der Waals surface area contributed by atoms with Crippen molar-refractivity contribution in [3.63, 3.8) is 0 Å². The van der Waals surface area contributed by atoms with E-state index in [1.807, 2.05) is 6.92 Å². The van der Waals surface area contributed by atoms with Gasteiger partial charge in [0.2, 0.25) is 0 Å². The fourth-order valence-electron chi connectivity index (χ4n) is 2.58. The average Bonchev–Trinajstić information content (AvgIpc) is 2.30. The monoisotopic (exact) mass is 232 g/mol. The molecule has 0 aliphatic heterocycles. The van der Waals surface area contributed by atoms with Gasteiger partial charge in [-0.15, -0.1) is 0 Å². The molecule has 1 fully saturated rings. The van der Waals surface area contributed by atoms with E-state index in [1.165, 1.54) is 36.8 Å². The molecule has 0 heterocycles. The first kappa shape index (κ1) is 11.8. The highest BCUT2D eigenvalue weighted by Crippen LogP contribution is 2.35. The fraction of sp³-hybridized carbons (Fsp3) is 0.533. The summed E-state index contributed by atoms with van der Waals surface area (Å²) in [6, 6.07) is 8.89. The van der Waals surface area contributed by atoms with E-state index in [9.17, 15) is 0 Å². The lowest BCUT2D eigenvalue weighted by atomic mass is 9.79. The lowest BCUT2D eigenvalue weighted by molar-refractivity contribution is 0.348. The second-order valence-electron chi connectivity index (χ2n) is 5.13. The Hall–Kier alpha value is -0.690. The molecule has 0 amide bonds. The summed E-state index contributed by atoms with van der Waals surface area (Å²) in [5.41, 5.74) is 2.70. The molecule has 1 aliphatic carbocycles. The van der Waals surface area contributed by atoms with E-state index in [2.05, 4.69) is 31.2 Å². The third-order valence-corrected chi connectivity index (χ3v) is 4.04. The maximum Gasteiger partial charge on any atom is 0.0193 e. The van der Waals surface area contributed by atoms with Crippen LogP contribution in [0.2, 0.25) is 0 Å². The summed E-state index contributed by atoms with van der Waals surface area (Å²) < 4.78 is 0. The largest absolute Gasteiger partial charge is 0.0846 e. The number of benzene rings is 1. The molecule has 1 saturated carbocycles. The molecule has 0 nitrogen and oxygen atoms in total. The van der Waals surface area contributed by atoms with Gasteiger partial charge in [0.25, 0.3) is 0 Å². The van der Waals surface area contributed by atoms with E-state index < -0.39 is 0 Å². The number of rotatable bonds is 2. The Bertz CT molecular complexity index is 356. The lowest BCUT2D eigenvalue weighted by Crippen LogP contribution is -2.10. The summed E-state index contributed by atoms with van der Waals surface area (Å²) in [5.74, 6) is 1.72. The van der Waals surface area contributed by atoms with Crippen molar-refractivity contribution in [1.82, 2.24) is 0 Å². The topological polar surface area (TPSA) is 0 Å². The van der Waals surface area contributed by atoms with Crippen LogP contribution in [0.3, 0.4) is 0 Å². The van der Waals surface area contributed by atoms with Gasteiger partial charge < -0.3 is 0 Å². The van der Waals surface area contributed by atoms with Gasteiger partial charge in [-0.25, -0.2) is 0 Å². The zero-order valence-corrected chi connectivity index (χ0v) is 11.0. The van der Waals surface area contributed by atoms with Gasteiger partial charge in [0, 0.05) is 4.86 Å².